The molecule has 0 radical (unpaired) electrons. The molecular weight excluding hydrogens is 616 g/mol. The minimum atomic E-state index is -4.69. The van der Waals surface area contributed by atoms with Gasteiger partial charge in [-0.2, -0.15) is 26.3 Å². The van der Waals surface area contributed by atoms with E-state index in [0.29, 0.717) is 16.6 Å². The highest BCUT2D eigenvalue weighted by atomic mass is 19.4. The van der Waals surface area contributed by atoms with Gasteiger partial charge in [0.2, 0.25) is 11.9 Å². The second-order valence-corrected chi connectivity index (χ2v) is 13.2. The first kappa shape index (κ1) is 33.4. The maximum Gasteiger partial charge on any atom is 0.418 e. The lowest BCUT2D eigenvalue weighted by Crippen LogP contribution is -2.40. The van der Waals surface area contributed by atoms with Crippen molar-refractivity contribution in [1.29, 1.82) is 0 Å². The number of methoxy groups -OCH3 is 1. The van der Waals surface area contributed by atoms with Crippen molar-refractivity contribution in [3.63, 3.8) is 0 Å². The number of carbonyl (C=O) groups excluding carboxylic acids is 2. The van der Waals surface area contributed by atoms with E-state index in [2.05, 4.69) is 25.9 Å². The number of amides is 2. The van der Waals surface area contributed by atoms with Crippen molar-refractivity contribution in [1.82, 2.24) is 20.6 Å². The van der Waals surface area contributed by atoms with E-state index in [9.17, 15) is 35.9 Å². The van der Waals surface area contributed by atoms with Gasteiger partial charge in [0.25, 0.3) is 5.91 Å². The van der Waals surface area contributed by atoms with Gasteiger partial charge in [0, 0.05) is 18.7 Å². The first-order chi connectivity index (χ1) is 21.4. The summed E-state index contributed by atoms with van der Waals surface area (Å²) in [5, 5.41) is 8.35. The molecule has 2 fully saturated rings. The molecule has 3 aromatic rings. The number of nitrogens with zero attached hydrogens (tertiary/aromatic N) is 1. The van der Waals surface area contributed by atoms with Crippen LogP contribution in [0.2, 0.25) is 0 Å². The molecule has 250 valence electrons. The Balaban J connectivity index is 1.34. The smallest absolute Gasteiger partial charge is 0.418 e. The number of imidazole rings is 1. The van der Waals surface area contributed by atoms with Gasteiger partial charge in [0.1, 0.15) is 5.75 Å². The molecule has 2 aromatic carbocycles. The van der Waals surface area contributed by atoms with E-state index < -0.39 is 41.2 Å². The second kappa shape index (κ2) is 12.0. The van der Waals surface area contributed by atoms with Crippen LogP contribution in [0.1, 0.15) is 80.8 Å². The van der Waals surface area contributed by atoms with Crippen molar-refractivity contribution in [2.75, 3.05) is 12.4 Å². The van der Waals surface area contributed by atoms with Gasteiger partial charge < -0.3 is 25.7 Å². The van der Waals surface area contributed by atoms with Gasteiger partial charge >= 0.3 is 12.4 Å². The largest absolute Gasteiger partial charge is 0.496 e. The molecule has 8 nitrogen and oxygen atoms in total. The molecule has 0 bridgehead atoms. The van der Waals surface area contributed by atoms with Crippen LogP contribution in [0, 0.1) is 16.7 Å². The Hall–Kier alpha value is -3.97. The van der Waals surface area contributed by atoms with Crippen LogP contribution in [0.4, 0.5) is 38.0 Å². The Kier molecular flexibility index (Phi) is 8.71. The molecule has 1 aromatic heterocycles. The molecule has 2 amide bonds. The molecule has 5 rings (SSSR count). The normalized spacial score (nSPS) is 19.9. The highest BCUT2D eigenvalue weighted by Gasteiger charge is 2.57. The molecule has 0 spiro atoms. The summed E-state index contributed by atoms with van der Waals surface area (Å²) in [7, 11) is 1.34. The predicted octanol–water partition coefficient (Wildman–Crippen LogP) is 7.63. The minimum absolute atomic E-state index is 0.0311. The fourth-order valence-corrected chi connectivity index (χ4v) is 6.25. The lowest BCUT2D eigenvalue weighted by Gasteiger charge is -2.30. The summed E-state index contributed by atoms with van der Waals surface area (Å²) in [5.41, 5.74) is -0.778. The third-order valence-electron chi connectivity index (χ3n) is 9.29. The summed E-state index contributed by atoms with van der Waals surface area (Å²) in [5.74, 6) is -1.95. The molecule has 1 heterocycles. The first-order valence-electron chi connectivity index (χ1n) is 15.1. The van der Waals surface area contributed by atoms with Crippen LogP contribution < -0.4 is 20.7 Å². The van der Waals surface area contributed by atoms with E-state index in [0.717, 1.165) is 18.9 Å². The Labute approximate surface area is 262 Å². The van der Waals surface area contributed by atoms with Gasteiger partial charge in [-0.1, -0.05) is 26.8 Å². The highest BCUT2D eigenvalue weighted by molar-refractivity contribution is 6.01. The van der Waals surface area contributed by atoms with E-state index in [-0.39, 0.29) is 66.5 Å². The Bertz CT molecular complexity index is 1610. The summed E-state index contributed by atoms with van der Waals surface area (Å²) >= 11 is 0. The quantitative estimate of drug-likeness (QED) is 0.187. The fraction of sp³-hybridized carbons (Fsp3) is 0.531. The van der Waals surface area contributed by atoms with Gasteiger partial charge in [-0.25, -0.2) is 4.98 Å². The second-order valence-electron chi connectivity index (χ2n) is 13.2. The number of nitrogens with one attached hydrogen (secondary N) is 4. The number of fused-ring (bicyclic) bond motifs is 1. The number of H-pyrrole nitrogens is 1. The molecule has 0 aliphatic heterocycles. The summed E-state index contributed by atoms with van der Waals surface area (Å²) in [6.45, 7) is 6.01. The van der Waals surface area contributed by atoms with E-state index in [1.165, 1.54) is 31.4 Å². The Morgan fingerprint density at radius 3 is 2.24 bits per heavy atom. The van der Waals surface area contributed by atoms with Crippen molar-refractivity contribution >= 4 is 34.5 Å². The van der Waals surface area contributed by atoms with Gasteiger partial charge in [0.15, 0.2) is 0 Å². The molecule has 0 saturated heterocycles. The van der Waals surface area contributed by atoms with E-state index in [4.69, 9.17) is 4.74 Å². The van der Waals surface area contributed by atoms with Crippen LogP contribution in [-0.2, 0) is 17.5 Å². The van der Waals surface area contributed by atoms with Gasteiger partial charge in [-0.05, 0) is 67.7 Å². The number of carbonyl (C=O) groups is 2. The first-order valence-corrected chi connectivity index (χ1v) is 15.1. The number of alkyl halides is 6. The zero-order valence-corrected chi connectivity index (χ0v) is 25.9. The van der Waals surface area contributed by atoms with Crippen molar-refractivity contribution in [3.05, 3.63) is 47.0 Å². The van der Waals surface area contributed by atoms with Crippen LogP contribution in [0.5, 0.6) is 5.75 Å². The number of aromatic nitrogens is 2. The van der Waals surface area contributed by atoms with Crippen LogP contribution in [-0.4, -0.2) is 41.1 Å². The number of rotatable bonds is 8. The van der Waals surface area contributed by atoms with Crippen molar-refractivity contribution in [3.8, 4) is 5.75 Å². The summed E-state index contributed by atoms with van der Waals surface area (Å²) in [6.07, 6.45) is -7.23. The number of hydrogen-bond acceptors (Lipinski definition) is 5. The standard InChI is InChI=1S/C32H37F6N5O3/c1-29(2,3)30(11-12-30)27(45)39-16-17-5-10-21(32(36,37)38)22(13-17)41-28-42-23-14-20(25(46-4)15-24(23)43-28)26(44)40-19-8-6-18(7-9-19)31(33,34)35/h5,10,13-15,18-19H,6-9,11-12,16H2,1-4H3,(H,39,45)(H,40,44)(H2,41,42,43). The minimum Gasteiger partial charge on any atom is -0.496 e. The number of benzene rings is 2. The number of halogens is 6. The molecule has 0 atom stereocenters. The summed E-state index contributed by atoms with van der Waals surface area (Å²) in [6, 6.07) is 6.01. The van der Waals surface area contributed by atoms with Gasteiger partial charge in [-0.15, -0.1) is 0 Å². The average molecular weight is 654 g/mol. The fourth-order valence-electron chi connectivity index (χ4n) is 6.25. The third-order valence-corrected chi connectivity index (χ3v) is 9.29. The summed E-state index contributed by atoms with van der Waals surface area (Å²) < 4.78 is 86.3. The van der Waals surface area contributed by atoms with Crippen LogP contribution >= 0.6 is 0 Å². The predicted molar refractivity (Wildman–Crippen MR) is 160 cm³/mol. The van der Waals surface area contributed by atoms with Crippen molar-refractivity contribution in [2.24, 2.45) is 16.7 Å². The van der Waals surface area contributed by atoms with Gasteiger partial charge in [-0.3, -0.25) is 9.59 Å². The molecular formula is C32H37F6N5O3. The van der Waals surface area contributed by atoms with E-state index in [1.807, 2.05) is 20.8 Å². The van der Waals surface area contributed by atoms with Crippen LogP contribution in [0.3, 0.4) is 0 Å². The molecule has 14 heteroatoms. The molecule has 0 unspecified atom stereocenters. The number of ether oxygens (including phenoxy) is 1. The molecule has 46 heavy (non-hydrogen) atoms. The monoisotopic (exact) mass is 653 g/mol. The molecule has 2 saturated carbocycles. The highest BCUT2D eigenvalue weighted by Crippen LogP contribution is 2.58. The lowest BCUT2D eigenvalue weighted by atomic mass is 9.77. The zero-order chi connectivity index (χ0) is 33.7. The number of anilines is 2. The Morgan fingerprint density at radius 2 is 1.67 bits per heavy atom. The zero-order valence-electron chi connectivity index (χ0n) is 25.9. The van der Waals surface area contributed by atoms with Crippen molar-refractivity contribution < 1.29 is 40.7 Å². The third kappa shape index (κ3) is 6.90. The SMILES string of the molecule is COc1cc2nc(Nc3cc(CNC(=O)C4(C(C)(C)C)CC4)ccc3C(F)(F)F)[nH]c2cc1C(=O)NC1CCC(C(F)(F)F)CC1. The molecule has 4 N–H and O–H groups in total. The summed E-state index contributed by atoms with van der Waals surface area (Å²) in [4.78, 5) is 33.3. The van der Waals surface area contributed by atoms with Crippen molar-refractivity contribution in [2.45, 2.75) is 84.2 Å². The topological polar surface area (TPSA) is 108 Å². The average Bonchev–Trinajstić information content (AvgIpc) is 3.70. The van der Waals surface area contributed by atoms with Crippen LogP contribution in [0.25, 0.3) is 11.0 Å². The lowest BCUT2D eigenvalue weighted by molar-refractivity contribution is -0.182. The molecule has 2 aliphatic carbocycles. The molecule has 2 aliphatic rings. The van der Waals surface area contributed by atoms with E-state index in [1.54, 1.807) is 0 Å². The Morgan fingerprint density at radius 1 is 1.00 bits per heavy atom. The van der Waals surface area contributed by atoms with Crippen LogP contribution in [0.15, 0.2) is 30.3 Å². The maximum absolute atomic E-state index is 14.0. The van der Waals surface area contributed by atoms with E-state index >= 15 is 0 Å². The number of hydrogen-bond donors (Lipinski definition) is 4. The maximum atomic E-state index is 14.0. The van der Waals surface area contributed by atoms with Gasteiger partial charge in [0.05, 0.1) is 46.3 Å². The number of aromatic amines is 1.